The van der Waals surface area contributed by atoms with Gasteiger partial charge in [-0.2, -0.15) is 4.99 Å². The molecular weight excluding hydrogens is 635 g/mol. The minimum atomic E-state index is -1.57. The summed E-state index contributed by atoms with van der Waals surface area (Å²) in [5.74, 6) is -1.87. The predicted octanol–water partition coefficient (Wildman–Crippen LogP) is 0.407. The molecule has 3 aromatic carbocycles. The van der Waals surface area contributed by atoms with Crippen molar-refractivity contribution in [1.29, 1.82) is 0 Å². The monoisotopic (exact) mass is 677 g/mol. The summed E-state index contributed by atoms with van der Waals surface area (Å²) in [4.78, 5) is 43.3. The molecule has 254 valence electrons. The van der Waals surface area contributed by atoms with Crippen LogP contribution in [-0.4, -0.2) is 118 Å². The Kier molecular flexibility index (Phi) is 13.0. The van der Waals surface area contributed by atoms with Crippen molar-refractivity contribution >= 4 is 48.2 Å². The summed E-state index contributed by atoms with van der Waals surface area (Å²) in [5, 5.41) is 41.9. The Morgan fingerprint density at radius 2 is 1.54 bits per heavy atom. The Hall–Kier alpha value is -4.37. The van der Waals surface area contributed by atoms with Crippen LogP contribution in [0.2, 0.25) is 0 Å². The van der Waals surface area contributed by atoms with E-state index >= 15 is 0 Å². The summed E-state index contributed by atoms with van der Waals surface area (Å²) in [5.41, 5.74) is 5.47. The Balaban J connectivity index is 1.31. The van der Waals surface area contributed by atoms with Crippen LogP contribution in [0.4, 0.5) is 4.79 Å². The largest absolute Gasteiger partial charge is 0.488 e. The van der Waals surface area contributed by atoms with E-state index in [1.54, 1.807) is 24.1 Å². The van der Waals surface area contributed by atoms with Crippen molar-refractivity contribution < 1.29 is 44.4 Å². The van der Waals surface area contributed by atoms with Gasteiger partial charge in [-0.25, -0.2) is 9.59 Å². The molecule has 14 heteroatoms. The van der Waals surface area contributed by atoms with Crippen LogP contribution in [0.3, 0.4) is 0 Å². The Morgan fingerprint density at radius 1 is 0.938 bits per heavy atom. The third kappa shape index (κ3) is 9.60. The maximum Gasteiger partial charge on any atom is 0.488 e. The molecule has 2 amide bonds. The van der Waals surface area contributed by atoms with E-state index in [4.69, 9.17) is 4.74 Å². The molecule has 0 bridgehead atoms. The van der Waals surface area contributed by atoms with Gasteiger partial charge < -0.3 is 40.1 Å². The van der Waals surface area contributed by atoms with Gasteiger partial charge in [0.1, 0.15) is 6.61 Å². The van der Waals surface area contributed by atoms with Gasteiger partial charge in [0, 0.05) is 45.3 Å². The minimum absolute atomic E-state index is 0.0460. The normalized spacial score (nSPS) is 13.8. The first-order chi connectivity index (χ1) is 23.0. The number of carbonyl (C=O) groups is 3. The van der Waals surface area contributed by atoms with Crippen molar-refractivity contribution in [3.8, 4) is 11.1 Å². The first-order valence-electron chi connectivity index (χ1n) is 15.6. The Bertz CT molecular complexity index is 1580. The summed E-state index contributed by atoms with van der Waals surface area (Å²) in [6, 6.07) is 20.8. The number of aliphatic carboxylic acids is 1. The van der Waals surface area contributed by atoms with Crippen LogP contribution in [0, 0.1) is 0 Å². The van der Waals surface area contributed by atoms with E-state index < -0.39 is 37.2 Å². The number of rotatable bonds is 16. The van der Waals surface area contributed by atoms with Crippen LogP contribution in [0.1, 0.15) is 29.5 Å². The number of amides is 2. The molecular formula is C34H42BN4O8S+. The Morgan fingerprint density at radius 3 is 2.17 bits per heavy atom. The highest BCUT2D eigenvalue weighted by molar-refractivity contribution is 8.00. The van der Waals surface area contributed by atoms with E-state index in [0.717, 1.165) is 27.8 Å². The molecule has 0 unspecified atom stereocenters. The highest BCUT2D eigenvalue weighted by atomic mass is 32.2. The lowest BCUT2D eigenvalue weighted by Crippen LogP contribution is -2.83. The standard InChI is InChI=1S/C34H41BN4O8S/c1-22(33(42)43)36-32(41)30(37-34(44)47-19-28-26-13-7-5-11-24(26)25-12-6-8-14-27(25)28)20-48-21-31(40)39(3)17-16-38(2)18-23-10-4-9-15-29(23)35(45)46/h4-15,22,28,30,45-46H,16-21H2,1-3H3,(H,36,41)(H,37,44)(H,42,43)/p+1/t22-,30-/m0/s1. The molecule has 0 aliphatic heterocycles. The first-order valence-corrected chi connectivity index (χ1v) is 16.7. The number of carbonyl (C=O) groups excluding carboxylic acids is 2. The second kappa shape index (κ2) is 17.2. The number of carboxylic acid groups (broad SMARTS) is 1. The van der Waals surface area contributed by atoms with Crippen molar-refractivity contribution in [2.24, 2.45) is 0 Å². The topological polar surface area (TPSA) is 174 Å². The van der Waals surface area contributed by atoms with Crippen LogP contribution in [0.15, 0.2) is 72.8 Å². The number of nitrogens with zero attached hydrogens (tertiary/aromatic N) is 2. The third-order valence-electron chi connectivity index (χ3n) is 8.23. The van der Waals surface area contributed by atoms with Gasteiger partial charge in [-0.1, -0.05) is 72.8 Å². The number of aliphatic hydroxyl groups excluding tert-OH is 1. The lowest BCUT2D eigenvalue weighted by Gasteiger charge is -2.23. The molecule has 0 fully saturated rings. The predicted molar refractivity (Wildman–Crippen MR) is 185 cm³/mol. The van der Waals surface area contributed by atoms with Crippen molar-refractivity contribution in [2.75, 3.05) is 45.3 Å². The number of ether oxygens (including phenoxy) is 1. The van der Waals surface area contributed by atoms with E-state index in [1.165, 1.54) is 18.7 Å². The average Bonchev–Trinajstić information content (AvgIpc) is 3.39. The molecule has 0 aromatic heterocycles. The second-order valence-electron chi connectivity index (χ2n) is 11.8. The molecule has 12 nitrogen and oxygen atoms in total. The van der Waals surface area contributed by atoms with Crippen molar-refractivity contribution in [1.82, 2.24) is 15.1 Å². The van der Waals surface area contributed by atoms with Gasteiger partial charge in [-0.05, 0) is 40.3 Å². The van der Waals surface area contributed by atoms with E-state index in [9.17, 15) is 34.6 Å². The van der Waals surface area contributed by atoms with Crippen molar-refractivity contribution in [3.05, 3.63) is 89.5 Å². The SMILES string of the molecule is C[C@H]([NH+]=C(O)[C@H](CSCC(=O)N(C)CCN(C)Cc1ccccc1B(O)O)NC(=O)OCC1c2ccccc2-c2ccccc21)C(=O)O. The highest BCUT2D eigenvalue weighted by Gasteiger charge is 2.31. The molecule has 1 aliphatic carbocycles. The molecule has 48 heavy (non-hydrogen) atoms. The molecule has 3 aromatic rings. The maximum atomic E-state index is 13.0. The fraction of sp³-hybridized carbons (Fsp3) is 0.353. The van der Waals surface area contributed by atoms with Gasteiger partial charge in [0.15, 0.2) is 6.04 Å². The highest BCUT2D eigenvalue weighted by Crippen LogP contribution is 2.44. The van der Waals surface area contributed by atoms with Crippen molar-refractivity contribution in [3.63, 3.8) is 0 Å². The average molecular weight is 678 g/mol. The zero-order valence-electron chi connectivity index (χ0n) is 27.2. The summed E-state index contributed by atoms with van der Waals surface area (Å²) in [7, 11) is 1.98. The summed E-state index contributed by atoms with van der Waals surface area (Å²) in [6.07, 6.45) is -0.791. The van der Waals surface area contributed by atoms with Crippen LogP contribution < -0.4 is 15.8 Å². The van der Waals surface area contributed by atoms with Crippen LogP contribution >= 0.6 is 11.8 Å². The maximum absolute atomic E-state index is 13.0. The molecule has 4 rings (SSSR count). The van der Waals surface area contributed by atoms with E-state index in [-0.39, 0.29) is 29.9 Å². The number of thioether (sulfide) groups is 1. The zero-order valence-corrected chi connectivity index (χ0v) is 28.0. The molecule has 6 N–H and O–H groups in total. The van der Waals surface area contributed by atoms with Gasteiger partial charge >= 0.3 is 25.1 Å². The summed E-state index contributed by atoms with van der Waals surface area (Å²) in [6.45, 7) is 2.82. The van der Waals surface area contributed by atoms with Crippen LogP contribution in [0.25, 0.3) is 11.1 Å². The molecule has 0 saturated heterocycles. The van der Waals surface area contributed by atoms with Crippen molar-refractivity contribution in [2.45, 2.75) is 31.5 Å². The molecule has 2 atom stereocenters. The number of hydrogen-bond acceptors (Lipinski definition) is 8. The Labute approximate surface area is 284 Å². The minimum Gasteiger partial charge on any atom is -0.476 e. The molecule has 0 heterocycles. The number of alkyl carbamates (subject to hydrolysis) is 1. The molecule has 0 radical (unpaired) electrons. The van der Waals surface area contributed by atoms with E-state index in [0.29, 0.717) is 25.1 Å². The lowest BCUT2D eigenvalue weighted by molar-refractivity contribution is -0.496. The smallest absolute Gasteiger partial charge is 0.476 e. The zero-order chi connectivity index (χ0) is 34.8. The lowest BCUT2D eigenvalue weighted by atomic mass is 9.77. The quantitative estimate of drug-likeness (QED) is 0.0709. The van der Waals surface area contributed by atoms with Gasteiger partial charge in [-0.15, -0.1) is 11.8 Å². The van der Waals surface area contributed by atoms with Gasteiger partial charge in [0.25, 0.3) is 0 Å². The molecule has 0 spiro atoms. The fourth-order valence-electron chi connectivity index (χ4n) is 5.48. The van der Waals surface area contributed by atoms with E-state index in [2.05, 4.69) is 10.3 Å². The number of carboxylic acids is 1. The number of likely N-dealkylation sites (N-methyl/N-ethyl adjacent to an activating group) is 2. The summed E-state index contributed by atoms with van der Waals surface area (Å²) >= 11 is 1.17. The second-order valence-corrected chi connectivity index (χ2v) is 12.8. The summed E-state index contributed by atoms with van der Waals surface area (Å²) < 4.78 is 5.62. The number of nitrogens with one attached hydrogen (secondary N) is 2. The number of benzene rings is 3. The van der Waals surface area contributed by atoms with Gasteiger partial charge in [-0.3, -0.25) is 4.79 Å². The number of fused-ring (bicyclic) bond motifs is 3. The van der Waals surface area contributed by atoms with Gasteiger partial charge in [0.2, 0.25) is 11.9 Å². The number of hydrogen-bond donors (Lipinski definition) is 6. The van der Waals surface area contributed by atoms with Crippen LogP contribution in [-0.2, 0) is 20.9 Å². The molecule has 1 aliphatic rings. The van der Waals surface area contributed by atoms with Gasteiger partial charge in [0.05, 0.1) is 5.75 Å². The third-order valence-corrected chi connectivity index (χ3v) is 9.25. The number of aliphatic hydroxyl groups is 1. The fourth-order valence-corrected chi connectivity index (χ4v) is 6.46. The van der Waals surface area contributed by atoms with E-state index in [1.807, 2.05) is 72.6 Å². The van der Waals surface area contributed by atoms with Crippen LogP contribution in [0.5, 0.6) is 0 Å². The molecule has 0 saturated carbocycles. The first kappa shape index (κ1) is 36.5.